The highest BCUT2D eigenvalue weighted by molar-refractivity contribution is 5.76. The van der Waals surface area contributed by atoms with E-state index in [-0.39, 0.29) is 18.5 Å². The topological polar surface area (TPSA) is 95.9 Å². The lowest BCUT2D eigenvalue weighted by atomic mass is 10.0. The molecule has 0 aromatic carbocycles. The monoisotopic (exact) mass is 1070 g/mol. The third-order valence-corrected chi connectivity index (χ3v) is 16.6. The van der Waals surface area contributed by atoms with Crippen LogP contribution in [0.3, 0.4) is 0 Å². The Labute approximate surface area is 476 Å². The molecular formula is C70H137NO5. The van der Waals surface area contributed by atoms with Gasteiger partial charge in [0.05, 0.1) is 25.4 Å². The van der Waals surface area contributed by atoms with Gasteiger partial charge in [-0.05, 0) is 51.4 Å². The number of rotatable bonds is 66. The van der Waals surface area contributed by atoms with Crippen LogP contribution in [-0.2, 0) is 14.3 Å². The quantitative estimate of drug-likeness (QED) is 0.0320. The standard InChI is InChI=1S/C70H137NO5/c1-3-5-7-9-11-13-15-17-19-21-28-31-34-38-42-46-50-54-58-62-68(73)67(66-72)71-69(74)63-59-55-51-47-43-39-35-32-29-26-24-22-23-25-27-30-33-37-41-45-49-53-57-61-65-76-70(75)64-60-56-52-48-44-40-36-20-18-16-14-12-10-8-6-4-2/h20,36,67-68,72-73H,3-19,21-35,37-66H2,1-2H3,(H,71,74)/b36-20-. The summed E-state index contributed by atoms with van der Waals surface area (Å²) in [6.45, 7) is 4.99. The van der Waals surface area contributed by atoms with Gasteiger partial charge in [-0.25, -0.2) is 0 Å². The zero-order chi connectivity index (χ0) is 55.0. The van der Waals surface area contributed by atoms with Gasteiger partial charge in [-0.3, -0.25) is 9.59 Å². The fourth-order valence-corrected chi connectivity index (χ4v) is 11.2. The molecule has 0 saturated carbocycles. The molecule has 0 aliphatic heterocycles. The Morgan fingerprint density at radius 2 is 0.618 bits per heavy atom. The molecule has 0 aliphatic rings. The van der Waals surface area contributed by atoms with Gasteiger partial charge in [0.1, 0.15) is 0 Å². The van der Waals surface area contributed by atoms with Crippen LogP contribution in [0.25, 0.3) is 0 Å². The van der Waals surface area contributed by atoms with E-state index in [2.05, 4.69) is 31.3 Å². The fraction of sp³-hybridized carbons (Fsp3) is 0.943. The molecule has 0 aromatic rings. The molecule has 0 bridgehead atoms. The molecule has 76 heavy (non-hydrogen) atoms. The van der Waals surface area contributed by atoms with Crippen molar-refractivity contribution in [2.75, 3.05) is 13.2 Å². The summed E-state index contributed by atoms with van der Waals surface area (Å²) in [6, 6.07) is -0.541. The average Bonchev–Trinajstić information content (AvgIpc) is 3.42. The van der Waals surface area contributed by atoms with Gasteiger partial charge in [0.15, 0.2) is 0 Å². The Bertz CT molecular complexity index is 1140. The predicted octanol–water partition coefficient (Wildman–Crippen LogP) is 22.4. The molecule has 0 heterocycles. The fourth-order valence-electron chi connectivity index (χ4n) is 11.2. The maximum Gasteiger partial charge on any atom is 0.305 e. The van der Waals surface area contributed by atoms with Gasteiger partial charge >= 0.3 is 5.97 Å². The molecule has 0 radical (unpaired) electrons. The van der Waals surface area contributed by atoms with Crippen molar-refractivity contribution in [3.05, 3.63) is 12.2 Å². The van der Waals surface area contributed by atoms with E-state index in [0.29, 0.717) is 25.9 Å². The van der Waals surface area contributed by atoms with Crippen LogP contribution in [0.15, 0.2) is 12.2 Å². The van der Waals surface area contributed by atoms with E-state index < -0.39 is 12.1 Å². The minimum Gasteiger partial charge on any atom is -0.466 e. The first-order valence-electron chi connectivity index (χ1n) is 34.9. The molecular weight excluding hydrogens is 935 g/mol. The van der Waals surface area contributed by atoms with Crippen LogP contribution < -0.4 is 5.32 Å². The van der Waals surface area contributed by atoms with E-state index in [4.69, 9.17) is 4.74 Å². The van der Waals surface area contributed by atoms with E-state index in [9.17, 15) is 19.8 Å². The lowest BCUT2D eigenvalue weighted by Crippen LogP contribution is -2.45. The molecule has 2 atom stereocenters. The lowest BCUT2D eigenvalue weighted by molar-refractivity contribution is -0.143. The smallest absolute Gasteiger partial charge is 0.305 e. The van der Waals surface area contributed by atoms with Crippen LogP contribution in [0.4, 0.5) is 0 Å². The summed E-state index contributed by atoms with van der Waals surface area (Å²) in [5, 5.41) is 23.4. The van der Waals surface area contributed by atoms with Gasteiger partial charge in [-0.15, -0.1) is 0 Å². The maximum atomic E-state index is 12.5. The number of nitrogens with one attached hydrogen (secondary N) is 1. The molecule has 452 valence electrons. The second kappa shape index (κ2) is 66.1. The van der Waals surface area contributed by atoms with E-state index >= 15 is 0 Å². The number of hydrogen-bond donors (Lipinski definition) is 3. The number of amides is 1. The van der Waals surface area contributed by atoms with E-state index in [0.717, 1.165) is 44.9 Å². The van der Waals surface area contributed by atoms with E-state index in [1.807, 2.05) is 0 Å². The highest BCUT2D eigenvalue weighted by atomic mass is 16.5. The molecule has 0 saturated heterocycles. The normalized spacial score (nSPS) is 12.5. The van der Waals surface area contributed by atoms with Crippen molar-refractivity contribution in [1.29, 1.82) is 0 Å². The number of unbranched alkanes of at least 4 members (excludes halogenated alkanes) is 53. The summed E-state index contributed by atoms with van der Waals surface area (Å²) in [4.78, 5) is 24.6. The number of carbonyl (C=O) groups is 2. The van der Waals surface area contributed by atoms with Gasteiger partial charge in [-0.2, -0.15) is 0 Å². The van der Waals surface area contributed by atoms with Crippen LogP contribution in [0.1, 0.15) is 399 Å². The zero-order valence-electron chi connectivity index (χ0n) is 51.8. The second-order valence-corrected chi connectivity index (χ2v) is 24.2. The molecule has 6 nitrogen and oxygen atoms in total. The predicted molar refractivity (Wildman–Crippen MR) is 333 cm³/mol. The van der Waals surface area contributed by atoms with Gasteiger partial charge < -0.3 is 20.3 Å². The number of hydrogen-bond acceptors (Lipinski definition) is 5. The van der Waals surface area contributed by atoms with Crippen LogP contribution in [0.5, 0.6) is 0 Å². The first-order chi connectivity index (χ1) is 37.5. The highest BCUT2D eigenvalue weighted by Gasteiger charge is 2.20. The van der Waals surface area contributed by atoms with Crippen molar-refractivity contribution in [3.8, 4) is 0 Å². The third kappa shape index (κ3) is 61.8. The number of aliphatic hydroxyl groups is 2. The Morgan fingerprint density at radius 3 is 0.934 bits per heavy atom. The zero-order valence-corrected chi connectivity index (χ0v) is 51.8. The number of ether oxygens (including phenoxy) is 1. The van der Waals surface area contributed by atoms with Crippen molar-refractivity contribution in [3.63, 3.8) is 0 Å². The van der Waals surface area contributed by atoms with Crippen molar-refractivity contribution in [1.82, 2.24) is 5.32 Å². The van der Waals surface area contributed by atoms with Crippen molar-refractivity contribution in [2.24, 2.45) is 0 Å². The summed E-state index contributed by atoms with van der Waals surface area (Å²) < 4.78 is 5.49. The molecule has 2 unspecified atom stereocenters. The first kappa shape index (κ1) is 74.6. The van der Waals surface area contributed by atoms with Crippen LogP contribution in [-0.4, -0.2) is 47.4 Å². The second-order valence-electron chi connectivity index (χ2n) is 24.2. The largest absolute Gasteiger partial charge is 0.466 e. The first-order valence-corrected chi connectivity index (χ1v) is 34.9. The van der Waals surface area contributed by atoms with Crippen molar-refractivity contribution in [2.45, 2.75) is 411 Å². The Kier molecular flexibility index (Phi) is 64.9. The van der Waals surface area contributed by atoms with Crippen LogP contribution in [0, 0.1) is 0 Å². The number of carbonyl (C=O) groups excluding carboxylic acids is 2. The summed E-state index contributed by atoms with van der Waals surface area (Å²) in [5.41, 5.74) is 0. The number of allylic oxidation sites excluding steroid dienone is 2. The molecule has 0 fully saturated rings. The van der Waals surface area contributed by atoms with E-state index in [1.165, 1.54) is 321 Å². The Morgan fingerprint density at radius 1 is 0.355 bits per heavy atom. The highest BCUT2D eigenvalue weighted by Crippen LogP contribution is 2.19. The summed E-state index contributed by atoms with van der Waals surface area (Å²) in [5.74, 6) is -0.0202. The molecule has 0 aromatic heterocycles. The molecule has 0 aliphatic carbocycles. The third-order valence-electron chi connectivity index (χ3n) is 16.6. The minimum atomic E-state index is -0.664. The van der Waals surface area contributed by atoms with Crippen LogP contribution >= 0.6 is 0 Å². The van der Waals surface area contributed by atoms with E-state index in [1.54, 1.807) is 0 Å². The average molecular weight is 1070 g/mol. The van der Waals surface area contributed by atoms with Gasteiger partial charge in [0.2, 0.25) is 5.91 Å². The molecule has 3 N–H and O–H groups in total. The van der Waals surface area contributed by atoms with Crippen molar-refractivity contribution >= 4 is 11.9 Å². The summed E-state index contributed by atoms with van der Waals surface area (Å²) in [6.07, 6.45) is 81.1. The minimum absolute atomic E-state index is 0.00922. The number of aliphatic hydroxyl groups excluding tert-OH is 2. The van der Waals surface area contributed by atoms with Crippen LogP contribution in [0.2, 0.25) is 0 Å². The SMILES string of the molecule is CCCCCCCCC/C=C\CCCCCCCC(=O)OCCCCCCCCCCCCCCCCCCCCCCCCCCC(=O)NC(CO)C(O)CCCCCCCCCCCCCCCCCCCCC. The Balaban J connectivity index is 3.36. The molecule has 0 rings (SSSR count). The number of esters is 1. The molecule has 1 amide bonds. The lowest BCUT2D eigenvalue weighted by Gasteiger charge is -2.22. The Hall–Kier alpha value is -1.40. The van der Waals surface area contributed by atoms with Crippen molar-refractivity contribution < 1.29 is 24.5 Å². The van der Waals surface area contributed by atoms with Gasteiger partial charge in [0.25, 0.3) is 0 Å². The van der Waals surface area contributed by atoms with Gasteiger partial charge in [0, 0.05) is 12.8 Å². The maximum absolute atomic E-state index is 12.5. The van der Waals surface area contributed by atoms with Gasteiger partial charge in [-0.1, -0.05) is 347 Å². The molecule has 0 spiro atoms. The molecule has 6 heteroatoms. The summed E-state index contributed by atoms with van der Waals surface area (Å²) >= 11 is 0. The summed E-state index contributed by atoms with van der Waals surface area (Å²) in [7, 11) is 0.